The summed E-state index contributed by atoms with van der Waals surface area (Å²) in [6.07, 6.45) is 3.09. The summed E-state index contributed by atoms with van der Waals surface area (Å²) >= 11 is 1.44. The van der Waals surface area contributed by atoms with Crippen molar-refractivity contribution in [3.63, 3.8) is 0 Å². The summed E-state index contributed by atoms with van der Waals surface area (Å²) < 4.78 is 5.63. The Bertz CT molecular complexity index is 994. The standard InChI is InChI=1S/C21H17N5OS/c22-12-18-8-11-20(24-13-18)27-19-9-6-16(7-10-19)14-25-26-21(23)28-15-17-4-2-1-3-5-17/h1-11,13-14H,15H2,(H2,23,26). The Kier molecular flexibility index (Phi) is 6.77. The number of thioether (sulfide) groups is 1. The number of benzene rings is 2. The number of hydrogen-bond donors (Lipinski definition) is 1. The molecule has 0 spiro atoms. The van der Waals surface area contributed by atoms with Crippen LogP contribution in [0.15, 0.2) is 83.1 Å². The predicted molar refractivity (Wildman–Crippen MR) is 112 cm³/mol. The van der Waals surface area contributed by atoms with Gasteiger partial charge in [0.1, 0.15) is 11.8 Å². The number of nitriles is 1. The summed E-state index contributed by atoms with van der Waals surface area (Å²) in [6, 6.07) is 22.7. The molecular formula is C21H17N5OS. The van der Waals surface area contributed by atoms with Gasteiger partial charge in [0.25, 0.3) is 0 Å². The Morgan fingerprint density at radius 3 is 2.57 bits per heavy atom. The van der Waals surface area contributed by atoms with Crippen LogP contribution in [-0.2, 0) is 5.75 Å². The van der Waals surface area contributed by atoms with E-state index in [1.807, 2.05) is 48.5 Å². The Morgan fingerprint density at radius 1 is 1.11 bits per heavy atom. The summed E-state index contributed by atoms with van der Waals surface area (Å²) in [7, 11) is 0. The monoisotopic (exact) mass is 387 g/mol. The average molecular weight is 387 g/mol. The lowest BCUT2D eigenvalue weighted by molar-refractivity contribution is 0.463. The van der Waals surface area contributed by atoms with Gasteiger partial charge < -0.3 is 10.5 Å². The van der Waals surface area contributed by atoms with Gasteiger partial charge in [-0.3, -0.25) is 0 Å². The third-order valence-corrected chi connectivity index (χ3v) is 4.42. The second-order valence-corrected chi connectivity index (χ2v) is 6.62. The maximum absolute atomic E-state index is 8.77. The minimum Gasteiger partial charge on any atom is -0.439 e. The fraction of sp³-hybridized carbons (Fsp3) is 0.0476. The first-order chi connectivity index (χ1) is 13.7. The lowest BCUT2D eigenvalue weighted by atomic mass is 10.2. The van der Waals surface area contributed by atoms with Crippen LogP contribution in [0.2, 0.25) is 0 Å². The molecule has 3 rings (SSSR count). The highest BCUT2D eigenvalue weighted by Crippen LogP contribution is 2.19. The number of amidine groups is 1. The maximum Gasteiger partial charge on any atom is 0.219 e. The normalized spacial score (nSPS) is 11.3. The van der Waals surface area contributed by atoms with E-state index in [0.717, 1.165) is 11.3 Å². The molecule has 28 heavy (non-hydrogen) atoms. The van der Waals surface area contributed by atoms with Crippen molar-refractivity contribution in [2.45, 2.75) is 5.75 Å². The topological polar surface area (TPSA) is 96.6 Å². The van der Waals surface area contributed by atoms with Crippen LogP contribution >= 0.6 is 11.8 Å². The molecule has 0 saturated heterocycles. The molecule has 1 heterocycles. The van der Waals surface area contributed by atoms with Gasteiger partial charge >= 0.3 is 0 Å². The number of pyridine rings is 1. The molecule has 0 aliphatic heterocycles. The van der Waals surface area contributed by atoms with Gasteiger partial charge in [-0.05, 0) is 41.5 Å². The van der Waals surface area contributed by atoms with Gasteiger partial charge in [0.15, 0.2) is 5.17 Å². The van der Waals surface area contributed by atoms with Crippen molar-refractivity contribution in [3.8, 4) is 17.7 Å². The van der Waals surface area contributed by atoms with E-state index in [2.05, 4.69) is 15.2 Å². The number of nitrogens with two attached hydrogens (primary N) is 1. The van der Waals surface area contributed by atoms with Crippen LogP contribution in [0.1, 0.15) is 16.7 Å². The first kappa shape index (κ1) is 19.1. The summed E-state index contributed by atoms with van der Waals surface area (Å²) in [6.45, 7) is 0. The Balaban J connectivity index is 1.52. The number of ether oxygens (including phenoxy) is 1. The molecule has 0 fully saturated rings. The van der Waals surface area contributed by atoms with E-state index < -0.39 is 0 Å². The Morgan fingerprint density at radius 2 is 1.89 bits per heavy atom. The molecule has 3 aromatic rings. The number of hydrogen-bond acceptors (Lipinski definition) is 6. The van der Waals surface area contributed by atoms with E-state index in [4.69, 9.17) is 15.7 Å². The fourth-order valence-electron chi connectivity index (χ4n) is 2.16. The van der Waals surface area contributed by atoms with Crippen molar-refractivity contribution >= 4 is 23.1 Å². The second kappa shape index (κ2) is 9.90. The summed E-state index contributed by atoms with van der Waals surface area (Å²) in [4.78, 5) is 4.07. The average Bonchev–Trinajstić information content (AvgIpc) is 2.75. The molecule has 2 N–H and O–H groups in total. The van der Waals surface area contributed by atoms with Gasteiger partial charge in [-0.25, -0.2) is 4.98 Å². The van der Waals surface area contributed by atoms with Gasteiger partial charge in [0.05, 0.1) is 11.8 Å². The van der Waals surface area contributed by atoms with Gasteiger partial charge in [0, 0.05) is 18.0 Å². The highest BCUT2D eigenvalue weighted by Gasteiger charge is 2.00. The third-order valence-electron chi connectivity index (χ3n) is 3.56. The SMILES string of the molecule is N#Cc1ccc(Oc2ccc(C=NN=C(N)SCc3ccccc3)cc2)nc1. The van der Waals surface area contributed by atoms with Crippen molar-refractivity contribution in [1.29, 1.82) is 5.26 Å². The van der Waals surface area contributed by atoms with E-state index in [-0.39, 0.29) is 0 Å². The van der Waals surface area contributed by atoms with Crippen LogP contribution in [-0.4, -0.2) is 16.4 Å². The molecule has 0 unspecified atom stereocenters. The van der Waals surface area contributed by atoms with E-state index >= 15 is 0 Å². The molecule has 1 aromatic heterocycles. The molecule has 0 radical (unpaired) electrons. The minimum atomic E-state index is 0.409. The van der Waals surface area contributed by atoms with Gasteiger partial charge in [0.2, 0.25) is 5.88 Å². The summed E-state index contributed by atoms with van der Waals surface area (Å²) in [5, 5.41) is 17.2. The van der Waals surface area contributed by atoms with Crippen LogP contribution in [0.4, 0.5) is 0 Å². The lowest BCUT2D eigenvalue weighted by Gasteiger charge is -2.04. The van der Waals surface area contributed by atoms with E-state index in [0.29, 0.717) is 22.4 Å². The quantitative estimate of drug-likeness (QED) is 0.386. The number of nitrogens with zero attached hydrogens (tertiary/aromatic N) is 4. The molecule has 138 valence electrons. The highest BCUT2D eigenvalue weighted by atomic mass is 32.2. The summed E-state index contributed by atoms with van der Waals surface area (Å²) in [5.41, 5.74) is 8.40. The van der Waals surface area contributed by atoms with Crippen LogP contribution < -0.4 is 10.5 Å². The van der Waals surface area contributed by atoms with Crippen LogP contribution in [0.3, 0.4) is 0 Å². The zero-order valence-corrected chi connectivity index (χ0v) is 15.7. The van der Waals surface area contributed by atoms with E-state index in [1.54, 1.807) is 30.5 Å². The first-order valence-corrected chi connectivity index (χ1v) is 9.39. The lowest BCUT2D eigenvalue weighted by Crippen LogP contribution is -2.05. The zero-order chi connectivity index (χ0) is 19.6. The van der Waals surface area contributed by atoms with Crippen LogP contribution in [0.5, 0.6) is 11.6 Å². The van der Waals surface area contributed by atoms with E-state index in [1.165, 1.54) is 23.5 Å². The smallest absolute Gasteiger partial charge is 0.219 e. The molecule has 7 heteroatoms. The maximum atomic E-state index is 8.77. The minimum absolute atomic E-state index is 0.409. The molecule has 0 amide bonds. The molecule has 0 aliphatic carbocycles. The molecule has 0 bridgehead atoms. The predicted octanol–water partition coefficient (Wildman–Crippen LogP) is 4.33. The van der Waals surface area contributed by atoms with Gasteiger partial charge in [-0.2, -0.15) is 10.4 Å². The van der Waals surface area contributed by atoms with Crippen molar-refractivity contribution in [2.24, 2.45) is 15.9 Å². The van der Waals surface area contributed by atoms with Gasteiger partial charge in [-0.1, -0.05) is 42.1 Å². The first-order valence-electron chi connectivity index (χ1n) is 8.40. The third kappa shape index (κ3) is 5.97. The van der Waals surface area contributed by atoms with Crippen molar-refractivity contribution in [1.82, 2.24) is 4.98 Å². The van der Waals surface area contributed by atoms with Gasteiger partial charge in [-0.15, -0.1) is 5.10 Å². The van der Waals surface area contributed by atoms with Crippen LogP contribution in [0.25, 0.3) is 0 Å². The second-order valence-electron chi connectivity index (χ2n) is 5.63. The molecule has 0 saturated carbocycles. The molecule has 6 nitrogen and oxygen atoms in total. The van der Waals surface area contributed by atoms with Crippen molar-refractivity contribution in [3.05, 3.63) is 89.6 Å². The molecule has 0 aliphatic rings. The molecule has 0 atom stereocenters. The van der Waals surface area contributed by atoms with Crippen LogP contribution in [0, 0.1) is 11.3 Å². The zero-order valence-electron chi connectivity index (χ0n) is 14.9. The highest BCUT2D eigenvalue weighted by molar-refractivity contribution is 8.13. The number of aromatic nitrogens is 1. The number of rotatable bonds is 6. The summed E-state index contributed by atoms with van der Waals surface area (Å²) in [5.74, 6) is 1.81. The Labute approximate surface area is 167 Å². The van der Waals surface area contributed by atoms with Crippen molar-refractivity contribution in [2.75, 3.05) is 0 Å². The molecule has 2 aromatic carbocycles. The molecular weight excluding hydrogens is 370 g/mol. The van der Waals surface area contributed by atoms with E-state index in [9.17, 15) is 0 Å². The van der Waals surface area contributed by atoms with Crippen molar-refractivity contribution < 1.29 is 4.74 Å². The largest absolute Gasteiger partial charge is 0.439 e. The fourth-order valence-corrected chi connectivity index (χ4v) is 2.77. The Hall–Kier alpha value is -3.63.